The van der Waals surface area contributed by atoms with Crippen LogP contribution < -0.4 is 5.73 Å². The van der Waals surface area contributed by atoms with E-state index in [1.165, 1.54) is 6.07 Å². The number of nitrogens with two attached hydrogens (primary N) is 1. The third-order valence-corrected chi connectivity index (χ3v) is 5.83. The second kappa shape index (κ2) is 6.21. The van der Waals surface area contributed by atoms with Crippen LogP contribution in [0, 0.1) is 16.0 Å². The van der Waals surface area contributed by atoms with Gasteiger partial charge in [-0.1, -0.05) is 13.0 Å². The van der Waals surface area contributed by atoms with Gasteiger partial charge in [-0.25, -0.2) is 0 Å². The van der Waals surface area contributed by atoms with Gasteiger partial charge in [0.25, 0.3) is 5.91 Å². The highest BCUT2D eigenvalue weighted by molar-refractivity contribution is 6.08. The van der Waals surface area contributed by atoms with Gasteiger partial charge in [0.2, 0.25) is 5.75 Å². The first kappa shape index (κ1) is 19.2. The highest BCUT2D eigenvalue weighted by Gasteiger charge is 2.45. The monoisotopic (exact) mass is 412 g/mol. The number of fused-ring (bicyclic) bond motifs is 3. The van der Waals surface area contributed by atoms with Crippen LogP contribution in [0.25, 0.3) is 5.76 Å². The van der Waals surface area contributed by atoms with E-state index in [2.05, 4.69) is 0 Å². The number of aliphatic hydroxyl groups excluding tert-OH is 1. The summed E-state index contributed by atoms with van der Waals surface area (Å²) < 4.78 is 0. The van der Waals surface area contributed by atoms with E-state index in [1.807, 2.05) is 0 Å². The summed E-state index contributed by atoms with van der Waals surface area (Å²) in [5, 5.41) is 52.9. The number of hydrogen-bond acceptors (Lipinski definition) is 8. The van der Waals surface area contributed by atoms with E-state index in [-0.39, 0.29) is 28.9 Å². The topological polar surface area (TPSA) is 184 Å². The Morgan fingerprint density at radius 2 is 1.87 bits per heavy atom. The van der Waals surface area contributed by atoms with Crippen LogP contribution in [-0.4, -0.2) is 37.0 Å². The molecule has 2 aromatic carbocycles. The molecule has 4 rings (SSSR count). The Morgan fingerprint density at radius 1 is 1.20 bits per heavy atom. The summed E-state index contributed by atoms with van der Waals surface area (Å²) in [7, 11) is 0. The Balaban J connectivity index is 1.99. The lowest BCUT2D eigenvalue weighted by Crippen LogP contribution is -2.33. The Morgan fingerprint density at radius 3 is 2.47 bits per heavy atom. The largest absolute Gasteiger partial charge is 0.507 e. The van der Waals surface area contributed by atoms with Crippen LogP contribution >= 0.6 is 0 Å². The number of hydrogen-bond donors (Lipinski definition) is 5. The third kappa shape index (κ3) is 2.36. The molecule has 0 fully saturated rings. The smallest absolute Gasteiger partial charge is 0.311 e. The number of benzene rings is 2. The highest BCUT2D eigenvalue weighted by atomic mass is 16.6. The second-order valence-corrected chi connectivity index (χ2v) is 7.31. The number of allylic oxidation sites excluding steroid dienone is 1. The number of Topliss-reactive ketones (excluding diaryl/α,β-unsaturated/α-hetero) is 1. The number of ketones is 1. The molecular formula is C20H16N2O8. The first-order valence-corrected chi connectivity index (χ1v) is 8.91. The summed E-state index contributed by atoms with van der Waals surface area (Å²) in [4.78, 5) is 35.1. The van der Waals surface area contributed by atoms with Crippen molar-refractivity contribution < 1.29 is 34.9 Å². The first-order valence-electron chi connectivity index (χ1n) is 8.91. The molecular weight excluding hydrogens is 396 g/mol. The van der Waals surface area contributed by atoms with E-state index in [9.17, 15) is 40.1 Å². The number of amides is 1. The van der Waals surface area contributed by atoms with Gasteiger partial charge < -0.3 is 26.2 Å². The van der Waals surface area contributed by atoms with Crippen molar-refractivity contribution in [2.45, 2.75) is 19.3 Å². The average Bonchev–Trinajstić information content (AvgIpc) is 2.66. The number of primary amides is 1. The van der Waals surface area contributed by atoms with Crippen LogP contribution in [0.4, 0.5) is 5.69 Å². The molecule has 2 aliphatic carbocycles. The maximum absolute atomic E-state index is 13.2. The van der Waals surface area contributed by atoms with Crippen molar-refractivity contribution in [3.8, 4) is 17.2 Å². The van der Waals surface area contributed by atoms with E-state index >= 15 is 0 Å². The van der Waals surface area contributed by atoms with Crippen LogP contribution in [0.3, 0.4) is 0 Å². The quantitative estimate of drug-likeness (QED) is 0.367. The van der Waals surface area contributed by atoms with Crippen molar-refractivity contribution >= 4 is 23.1 Å². The van der Waals surface area contributed by atoms with Crippen molar-refractivity contribution in [1.29, 1.82) is 0 Å². The maximum Gasteiger partial charge on any atom is 0.311 e. The molecule has 0 radical (unpaired) electrons. The number of phenols is 3. The van der Waals surface area contributed by atoms with Crippen LogP contribution in [-0.2, 0) is 6.42 Å². The fourth-order valence-electron chi connectivity index (χ4n) is 4.44. The molecule has 2 unspecified atom stereocenters. The van der Waals surface area contributed by atoms with Gasteiger partial charge in [-0.15, -0.1) is 0 Å². The number of nitrogens with zero attached hydrogens (tertiary/aromatic N) is 1. The molecule has 0 aliphatic heterocycles. The van der Waals surface area contributed by atoms with Gasteiger partial charge in [0.05, 0.1) is 16.4 Å². The number of rotatable bonds is 2. The van der Waals surface area contributed by atoms with Crippen LogP contribution in [0.1, 0.15) is 50.2 Å². The molecule has 10 nitrogen and oxygen atoms in total. The van der Waals surface area contributed by atoms with E-state index in [0.717, 1.165) is 12.1 Å². The zero-order valence-electron chi connectivity index (χ0n) is 15.5. The van der Waals surface area contributed by atoms with Crippen molar-refractivity contribution in [3.05, 3.63) is 61.7 Å². The molecule has 0 aromatic heterocycles. The van der Waals surface area contributed by atoms with Gasteiger partial charge in [-0.3, -0.25) is 19.7 Å². The second-order valence-electron chi connectivity index (χ2n) is 7.31. The van der Waals surface area contributed by atoms with Crippen molar-refractivity contribution in [3.63, 3.8) is 0 Å². The highest BCUT2D eigenvalue weighted by Crippen LogP contribution is 2.52. The molecule has 2 aliphatic rings. The zero-order valence-corrected chi connectivity index (χ0v) is 15.5. The van der Waals surface area contributed by atoms with E-state index in [4.69, 9.17) is 5.73 Å². The average molecular weight is 412 g/mol. The summed E-state index contributed by atoms with van der Waals surface area (Å²) >= 11 is 0. The molecule has 0 saturated carbocycles. The number of phenolic OH excluding ortho intramolecular Hbond substituents is 1. The summed E-state index contributed by atoms with van der Waals surface area (Å²) in [6.07, 6.45) is -0.161. The van der Waals surface area contributed by atoms with Crippen molar-refractivity contribution in [2.24, 2.45) is 11.7 Å². The van der Waals surface area contributed by atoms with Gasteiger partial charge in [-0.05, 0) is 23.6 Å². The van der Waals surface area contributed by atoms with Gasteiger partial charge in [0.1, 0.15) is 22.8 Å². The lowest BCUT2D eigenvalue weighted by atomic mass is 9.66. The van der Waals surface area contributed by atoms with Crippen molar-refractivity contribution in [1.82, 2.24) is 0 Å². The molecule has 1 amide bonds. The molecule has 154 valence electrons. The SMILES string of the molecule is CC1C2=C(O)c3cc(O)c(C(N)=O)c(O)c3CC2C(=O)c2c1ccc([N+](=O)[O-])c2O. The van der Waals surface area contributed by atoms with E-state index in [0.29, 0.717) is 11.1 Å². The molecule has 10 heteroatoms. The predicted octanol–water partition coefficient (Wildman–Crippen LogP) is 2.25. The molecule has 30 heavy (non-hydrogen) atoms. The van der Waals surface area contributed by atoms with Crippen molar-refractivity contribution in [2.75, 3.05) is 0 Å². The number of nitro groups is 1. The zero-order chi connectivity index (χ0) is 22.1. The Bertz CT molecular complexity index is 1210. The lowest BCUT2D eigenvalue weighted by Gasteiger charge is -2.36. The molecule has 2 aromatic rings. The number of nitro benzene ring substituents is 1. The summed E-state index contributed by atoms with van der Waals surface area (Å²) in [6.45, 7) is 1.66. The van der Waals surface area contributed by atoms with E-state index in [1.54, 1.807) is 6.92 Å². The normalized spacial score (nSPS) is 19.7. The minimum Gasteiger partial charge on any atom is -0.507 e. The maximum atomic E-state index is 13.2. The Hall–Kier alpha value is -4.08. The summed E-state index contributed by atoms with van der Waals surface area (Å²) in [5.41, 5.74) is 4.50. The van der Waals surface area contributed by atoms with Gasteiger partial charge in [-0.2, -0.15) is 0 Å². The third-order valence-electron chi connectivity index (χ3n) is 5.83. The van der Waals surface area contributed by atoms with Crippen LogP contribution in [0.5, 0.6) is 17.2 Å². The fourth-order valence-corrected chi connectivity index (χ4v) is 4.44. The van der Waals surface area contributed by atoms with Gasteiger partial charge in [0.15, 0.2) is 5.78 Å². The standard InChI is InChI=1S/C20H16N2O8/c1-6-7-2-3-11(22(29)30)19(27)14(7)18(26)10-4-8-9(16(24)13(6)10)5-12(23)15(17(8)25)20(21)28/h2-3,5-6,10,23-25,27H,4H2,1H3,(H2,21,28). The molecule has 0 spiro atoms. The minimum absolute atomic E-state index is 0.0294. The van der Waals surface area contributed by atoms with E-state index < -0.39 is 56.9 Å². The first-order chi connectivity index (χ1) is 14.1. The predicted molar refractivity (Wildman–Crippen MR) is 103 cm³/mol. The van der Waals surface area contributed by atoms with Crippen LogP contribution in [0.15, 0.2) is 23.8 Å². The molecule has 2 atom stereocenters. The number of aromatic hydroxyl groups is 3. The molecule has 0 bridgehead atoms. The Kier molecular flexibility index (Phi) is 3.98. The van der Waals surface area contributed by atoms with Gasteiger partial charge >= 0.3 is 5.69 Å². The number of carbonyl (C=O) groups excluding carboxylic acids is 2. The minimum atomic E-state index is -1.09. The fraction of sp³-hybridized carbons (Fsp3) is 0.200. The summed E-state index contributed by atoms with van der Waals surface area (Å²) in [5.74, 6) is -5.77. The number of aliphatic hydroxyl groups is 1. The Labute approximate surface area is 168 Å². The molecule has 6 N–H and O–H groups in total. The molecule has 0 heterocycles. The molecule has 0 saturated heterocycles. The number of carbonyl (C=O) groups is 2. The lowest BCUT2D eigenvalue weighted by molar-refractivity contribution is -0.385. The van der Waals surface area contributed by atoms with Gasteiger partial charge in [0, 0.05) is 23.1 Å². The summed E-state index contributed by atoms with van der Waals surface area (Å²) in [6, 6.07) is 3.53. The van der Waals surface area contributed by atoms with Crippen LogP contribution in [0.2, 0.25) is 0 Å².